The van der Waals surface area contributed by atoms with Crippen molar-refractivity contribution in [2.45, 2.75) is 30.8 Å². The molecule has 2 aromatic carbocycles. The van der Waals surface area contributed by atoms with E-state index >= 15 is 0 Å². The normalized spacial score (nSPS) is 21.3. The lowest BCUT2D eigenvalue weighted by Gasteiger charge is -2.43. The fraction of sp³-hybridized carbons (Fsp3) is 0.250. The quantitative estimate of drug-likeness (QED) is 0.660. The molecule has 1 aliphatic carbocycles. The lowest BCUT2D eigenvalue weighted by molar-refractivity contribution is 0.0299. The Labute approximate surface area is 138 Å². The second kappa shape index (κ2) is 5.29. The van der Waals surface area contributed by atoms with E-state index < -0.39 is 13.7 Å². The van der Waals surface area contributed by atoms with Crippen molar-refractivity contribution in [3.63, 3.8) is 0 Å². The molecule has 2 aromatic rings. The first-order chi connectivity index (χ1) is 10.8. The van der Waals surface area contributed by atoms with Crippen LogP contribution in [0.1, 0.15) is 15.9 Å². The summed E-state index contributed by atoms with van der Waals surface area (Å²) in [5, 5.41) is 11.6. The number of hydrogen-bond acceptors (Lipinski definition) is 2. The van der Waals surface area contributed by atoms with Gasteiger partial charge in [-0.1, -0.05) is 74.2 Å². The van der Waals surface area contributed by atoms with Gasteiger partial charge in [0, 0.05) is 11.1 Å². The highest BCUT2D eigenvalue weighted by atomic mass is 28.3. The summed E-state index contributed by atoms with van der Waals surface area (Å²) >= 11 is 0. The molecule has 0 aliphatic heterocycles. The Bertz CT molecular complexity index is 788. The lowest BCUT2D eigenvalue weighted by Crippen LogP contribution is -2.50. The SMILES string of the molecule is C=CC(C1(O)C(=O)c2ccccc2-c2ccccc21)[Si](C)(C)C. The van der Waals surface area contributed by atoms with E-state index in [0.29, 0.717) is 11.1 Å². The minimum absolute atomic E-state index is 0.209. The number of aliphatic hydroxyl groups is 1. The van der Waals surface area contributed by atoms with Gasteiger partial charge in [-0.15, -0.1) is 6.58 Å². The van der Waals surface area contributed by atoms with Crippen molar-refractivity contribution in [2.75, 3.05) is 0 Å². The van der Waals surface area contributed by atoms with Crippen molar-refractivity contribution >= 4 is 13.9 Å². The molecule has 1 aliphatic rings. The number of carbonyl (C=O) groups excluding carboxylic acids is 1. The van der Waals surface area contributed by atoms with Crippen molar-refractivity contribution < 1.29 is 9.90 Å². The first-order valence-corrected chi connectivity index (χ1v) is 11.5. The van der Waals surface area contributed by atoms with E-state index in [4.69, 9.17) is 0 Å². The molecule has 2 unspecified atom stereocenters. The standard InChI is InChI=1S/C20H22O2Si/c1-5-18(23(2,3)4)20(22)17-13-9-8-11-15(17)14-10-6-7-12-16(14)19(20)21/h5-13,18,22H,1H2,2-4H3. The van der Waals surface area contributed by atoms with Crippen LogP contribution in [0.4, 0.5) is 0 Å². The fourth-order valence-electron chi connectivity index (χ4n) is 3.75. The van der Waals surface area contributed by atoms with Gasteiger partial charge in [-0.05, 0) is 16.7 Å². The molecular weight excluding hydrogens is 300 g/mol. The molecule has 23 heavy (non-hydrogen) atoms. The van der Waals surface area contributed by atoms with Crippen LogP contribution < -0.4 is 0 Å². The number of benzene rings is 2. The third-order valence-corrected chi connectivity index (χ3v) is 7.28. The molecule has 0 heterocycles. The Balaban J connectivity index is 2.36. The molecule has 3 heteroatoms. The van der Waals surface area contributed by atoms with Crippen LogP contribution in [0.15, 0.2) is 61.2 Å². The van der Waals surface area contributed by atoms with Gasteiger partial charge in [-0.3, -0.25) is 4.79 Å². The third-order valence-electron chi connectivity index (χ3n) is 4.76. The van der Waals surface area contributed by atoms with Crippen LogP contribution in [0.5, 0.6) is 0 Å². The number of hydrogen-bond donors (Lipinski definition) is 1. The molecule has 0 amide bonds. The van der Waals surface area contributed by atoms with Gasteiger partial charge in [-0.2, -0.15) is 0 Å². The second-order valence-corrected chi connectivity index (χ2v) is 12.6. The van der Waals surface area contributed by atoms with Gasteiger partial charge in [0.05, 0.1) is 8.07 Å². The Kier molecular flexibility index (Phi) is 3.66. The van der Waals surface area contributed by atoms with E-state index in [1.54, 1.807) is 6.08 Å². The Hall–Kier alpha value is -1.97. The molecule has 0 spiro atoms. The van der Waals surface area contributed by atoms with Gasteiger partial charge in [0.15, 0.2) is 11.4 Å². The topological polar surface area (TPSA) is 37.3 Å². The first kappa shape index (κ1) is 15.9. The summed E-state index contributed by atoms with van der Waals surface area (Å²) in [6.07, 6.45) is 1.77. The molecular formula is C20H22O2Si. The zero-order chi connectivity index (χ0) is 16.8. The van der Waals surface area contributed by atoms with Crippen LogP contribution in [-0.2, 0) is 5.60 Å². The van der Waals surface area contributed by atoms with E-state index in [1.165, 1.54) is 0 Å². The molecule has 2 atom stereocenters. The predicted molar refractivity (Wildman–Crippen MR) is 97.4 cm³/mol. The minimum atomic E-state index is -1.87. The molecule has 0 aromatic heterocycles. The summed E-state index contributed by atoms with van der Waals surface area (Å²) in [6, 6.07) is 15.2. The molecule has 1 N–H and O–H groups in total. The second-order valence-electron chi connectivity index (χ2n) is 7.27. The van der Waals surface area contributed by atoms with E-state index in [9.17, 15) is 9.90 Å². The molecule has 0 saturated heterocycles. The van der Waals surface area contributed by atoms with Gasteiger partial charge in [-0.25, -0.2) is 0 Å². The zero-order valence-electron chi connectivity index (χ0n) is 13.8. The molecule has 0 fully saturated rings. The monoisotopic (exact) mass is 322 g/mol. The molecule has 2 nitrogen and oxygen atoms in total. The van der Waals surface area contributed by atoms with E-state index in [1.807, 2.05) is 48.5 Å². The zero-order valence-corrected chi connectivity index (χ0v) is 14.8. The van der Waals surface area contributed by atoms with Crippen LogP contribution in [0.3, 0.4) is 0 Å². The lowest BCUT2D eigenvalue weighted by atomic mass is 9.73. The smallest absolute Gasteiger partial charge is 0.199 e. The maximum atomic E-state index is 13.3. The van der Waals surface area contributed by atoms with Crippen molar-refractivity contribution in [3.8, 4) is 11.1 Å². The number of ketones is 1. The number of rotatable bonds is 3. The van der Waals surface area contributed by atoms with Crippen LogP contribution in [-0.4, -0.2) is 19.0 Å². The van der Waals surface area contributed by atoms with Crippen molar-refractivity contribution in [1.29, 1.82) is 0 Å². The summed E-state index contributed by atoms with van der Waals surface area (Å²) in [7, 11) is -1.87. The maximum Gasteiger partial charge on any atom is 0.199 e. The van der Waals surface area contributed by atoms with Crippen molar-refractivity contribution in [3.05, 3.63) is 72.3 Å². The van der Waals surface area contributed by atoms with Crippen molar-refractivity contribution in [1.82, 2.24) is 0 Å². The van der Waals surface area contributed by atoms with Crippen LogP contribution in [0, 0.1) is 0 Å². The van der Waals surface area contributed by atoms with E-state index in [0.717, 1.165) is 11.1 Å². The minimum Gasteiger partial charge on any atom is -0.377 e. The van der Waals surface area contributed by atoms with Gasteiger partial charge in [0.1, 0.15) is 0 Å². The Morgan fingerprint density at radius 1 is 1.00 bits per heavy atom. The first-order valence-electron chi connectivity index (χ1n) is 7.90. The average molecular weight is 322 g/mol. The summed E-state index contributed by atoms with van der Waals surface area (Å²) in [5.74, 6) is -0.209. The number of Topliss-reactive ketones (excluding diaryl/α,β-unsaturated/α-hetero) is 1. The van der Waals surface area contributed by atoms with Gasteiger partial charge < -0.3 is 5.11 Å². The highest BCUT2D eigenvalue weighted by Crippen LogP contribution is 2.50. The van der Waals surface area contributed by atoms with Crippen LogP contribution >= 0.6 is 0 Å². The molecule has 0 radical (unpaired) electrons. The number of fused-ring (bicyclic) bond motifs is 3. The van der Waals surface area contributed by atoms with Gasteiger partial charge in [0.2, 0.25) is 0 Å². The van der Waals surface area contributed by atoms with Crippen LogP contribution in [0.25, 0.3) is 11.1 Å². The molecule has 118 valence electrons. The van der Waals surface area contributed by atoms with E-state index in [2.05, 4.69) is 26.2 Å². The Morgan fingerprint density at radius 2 is 1.52 bits per heavy atom. The largest absolute Gasteiger partial charge is 0.377 e. The van der Waals surface area contributed by atoms with Crippen LogP contribution in [0.2, 0.25) is 25.2 Å². The predicted octanol–water partition coefficient (Wildman–Crippen LogP) is 4.63. The molecule has 3 rings (SSSR count). The van der Waals surface area contributed by atoms with Crippen molar-refractivity contribution in [2.24, 2.45) is 0 Å². The van der Waals surface area contributed by atoms with Gasteiger partial charge >= 0.3 is 0 Å². The summed E-state index contributed by atoms with van der Waals surface area (Å²) in [6.45, 7) is 10.4. The Morgan fingerprint density at radius 3 is 2.09 bits per heavy atom. The summed E-state index contributed by atoms with van der Waals surface area (Å²) in [5.41, 5.74) is 1.36. The highest BCUT2D eigenvalue weighted by Gasteiger charge is 2.52. The third kappa shape index (κ3) is 2.23. The van der Waals surface area contributed by atoms with Gasteiger partial charge in [0.25, 0.3) is 0 Å². The molecule has 0 saturated carbocycles. The average Bonchev–Trinajstić information content (AvgIpc) is 2.52. The van der Waals surface area contributed by atoms with E-state index in [-0.39, 0.29) is 11.3 Å². The highest BCUT2D eigenvalue weighted by molar-refractivity contribution is 6.78. The summed E-state index contributed by atoms with van der Waals surface area (Å²) in [4.78, 5) is 13.3. The molecule has 0 bridgehead atoms. The summed E-state index contributed by atoms with van der Waals surface area (Å²) < 4.78 is 0. The maximum absolute atomic E-state index is 13.3. The number of carbonyl (C=O) groups is 1. The fourth-order valence-corrected chi connectivity index (χ4v) is 6.00.